The second-order valence-corrected chi connectivity index (χ2v) is 8.54. The van der Waals surface area contributed by atoms with Crippen molar-refractivity contribution < 1.29 is 18.0 Å². The SMILES string of the molecule is CC(=O)Nc1ccc(CC(=O)Nc2ccc(S(=O)(=O)Nc3ccc(Cl)nn3)cc2)cc1. The van der Waals surface area contributed by atoms with Gasteiger partial charge in [-0.2, -0.15) is 0 Å². The van der Waals surface area contributed by atoms with E-state index >= 15 is 0 Å². The lowest BCUT2D eigenvalue weighted by molar-refractivity contribution is -0.116. The van der Waals surface area contributed by atoms with Gasteiger partial charge in [0, 0.05) is 18.3 Å². The van der Waals surface area contributed by atoms with Crippen LogP contribution < -0.4 is 15.4 Å². The molecule has 0 atom stereocenters. The molecular formula is C20H18ClN5O4S. The summed E-state index contributed by atoms with van der Waals surface area (Å²) in [4.78, 5) is 23.3. The lowest BCUT2D eigenvalue weighted by Gasteiger charge is -2.09. The summed E-state index contributed by atoms with van der Waals surface area (Å²) in [7, 11) is -3.87. The number of nitrogens with one attached hydrogen (secondary N) is 3. The number of hydrogen-bond acceptors (Lipinski definition) is 6. The fourth-order valence-corrected chi connectivity index (χ4v) is 3.68. The average molecular weight is 460 g/mol. The summed E-state index contributed by atoms with van der Waals surface area (Å²) < 4.78 is 27.2. The summed E-state index contributed by atoms with van der Waals surface area (Å²) in [5, 5.41) is 12.7. The summed E-state index contributed by atoms with van der Waals surface area (Å²) in [5.74, 6) is -0.406. The Balaban J connectivity index is 1.60. The van der Waals surface area contributed by atoms with E-state index in [0.717, 1.165) is 5.56 Å². The van der Waals surface area contributed by atoms with E-state index < -0.39 is 10.0 Å². The zero-order valence-corrected chi connectivity index (χ0v) is 17.9. The summed E-state index contributed by atoms with van der Waals surface area (Å²) in [6.45, 7) is 1.42. The normalized spacial score (nSPS) is 10.9. The third-order valence-electron chi connectivity index (χ3n) is 3.96. The fraction of sp³-hybridized carbons (Fsp3) is 0.100. The maximum Gasteiger partial charge on any atom is 0.263 e. The molecule has 3 aromatic rings. The lowest BCUT2D eigenvalue weighted by atomic mass is 10.1. The van der Waals surface area contributed by atoms with Gasteiger partial charge >= 0.3 is 0 Å². The van der Waals surface area contributed by atoms with Crippen molar-refractivity contribution in [3.63, 3.8) is 0 Å². The molecule has 1 aromatic heterocycles. The van der Waals surface area contributed by atoms with E-state index in [2.05, 4.69) is 25.6 Å². The summed E-state index contributed by atoms with van der Waals surface area (Å²) in [6, 6.07) is 15.4. The van der Waals surface area contributed by atoms with Crippen molar-refractivity contribution in [2.24, 2.45) is 0 Å². The molecule has 0 saturated carbocycles. The molecule has 3 rings (SSSR count). The molecule has 0 aliphatic carbocycles. The van der Waals surface area contributed by atoms with Crippen LogP contribution in [0.4, 0.5) is 17.2 Å². The molecule has 3 N–H and O–H groups in total. The molecule has 9 nitrogen and oxygen atoms in total. The number of carbonyl (C=O) groups is 2. The Morgan fingerprint density at radius 2 is 1.48 bits per heavy atom. The molecule has 2 aromatic carbocycles. The monoisotopic (exact) mass is 459 g/mol. The highest BCUT2D eigenvalue weighted by molar-refractivity contribution is 7.92. The van der Waals surface area contributed by atoms with Crippen molar-refractivity contribution in [1.29, 1.82) is 0 Å². The van der Waals surface area contributed by atoms with Gasteiger partial charge in [-0.25, -0.2) is 8.42 Å². The maximum atomic E-state index is 12.4. The Hall–Kier alpha value is -3.50. The summed E-state index contributed by atoms with van der Waals surface area (Å²) >= 11 is 5.63. The molecule has 160 valence electrons. The van der Waals surface area contributed by atoms with E-state index in [-0.39, 0.29) is 34.1 Å². The Labute approximate surface area is 183 Å². The van der Waals surface area contributed by atoms with Gasteiger partial charge in [0.1, 0.15) is 0 Å². The number of aromatic nitrogens is 2. The van der Waals surface area contributed by atoms with Crippen molar-refractivity contribution >= 4 is 50.6 Å². The van der Waals surface area contributed by atoms with E-state index in [4.69, 9.17) is 11.6 Å². The number of carbonyl (C=O) groups excluding carboxylic acids is 2. The molecule has 0 radical (unpaired) electrons. The van der Waals surface area contributed by atoms with Gasteiger partial charge in [-0.15, -0.1) is 10.2 Å². The molecular weight excluding hydrogens is 442 g/mol. The Morgan fingerprint density at radius 3 is 2.06 bits per heavy atom. The van der Waals surface area contributed by atoms with Gasteiger partial charge in [0.15, 0.2) is 11.0 Å². The molecule has 0 unspecified atom stereocenters. The van der Waals surface area contributed by atoms with Gasteiger partial charge in [-0.1, -0.05) is 23.7 Å². The van der Waals surface area contributed by atoms with Crippen LogP contribution in [0, 0.1) is 0 Å². The molecule has 0 fully saturated rings. The van der Waals surface area contributed by atoms with E-state index in [1.54, 1.807) is 24.3 Å². The largest absolute Gasteiger partial charge is 0.326 e. The third-order valence-corrected chi connectivity index (χ3v) is 5.53. The number of anilines is 3. The van der Waals surface area contributed by atoms with Crippen molar-refractivity contribution in [2.75, 3.05) is 15.4 Å². The predicted molar refractivity (Wildman–Crippen MR) is 117 cm³/mol. The highest BCUT2D eigenvalue weighted by Crippen LogP contribution is 2.18. The lowest BCUT2D eigenvalue weighted by Crippen LogP contribution is -2.16. The highest BCUT2D eigenvalue weighted by atomic mass is 35.5. The first-order valence-corrected chi connectivity index (χ1v) is 10.9. The molecule has 0 aliphatic rings. The number of hydrogen-bond donors (Lipinski definition) is 3. The second-order valence-electron chi connectivity index (χ2n) is 6.47. The van der Waals surface area contributed by atoms with Crippen molar-refractivity contribution in [1.82, 2.24) is 10.2 Å². The topological polar surface area (TPSA) is 130 Å². The van der Waals surface area contributed by atoms with Crippen LogP contribution >= 0.6 is 11.6 Å². The minimum atomic E-state index is -3.87. The quantitative estimate of drug-likeness (QED) is 0.497. The zero-order chi connectivity index (χ0) is 22.4. The molecule has 2 amide bonds. The number of halogens is 1. The van der Waals surface area contributed by atoms with Crippen molar-refractivity contribution in [2.45, 2.75) is 18.2 Å². The first kappa shape index (κ1) is 22.2. The van der Waals surface area contributed by atoms with E-state index in [1.165, 1.54) is 43.3 Å². The molecule has 31 heavy (non-hydrogen) atoms. The smallest absolute Gasteiger partial charge is 0.263 e. The Morgan fingerprint density at radius 1 is 0.871 bits per heavy atom. The average Bonchev–Trinajstić information content (AvgIpc) is 2.71. The Kier molecular flexibility index (Phi) is 6.83. The Bertz CT molecular complexity index is 1180. The zero-order valence-electron chi connectivity index (χ0n) is 16.3. The van der Waals surface area contributed by atoms with Gasteiger partial charge < -0.3 is 10.6 Å². The minimum Gasteiger partial charge on any atom is -0.326 e. The molecule has 0 saturated heterocycles. The second kappa shape index (κ2) is 9.54. The van der Waals surface area contributed by atoms with Gasteiger partial charge in [-0.3, -0.25) is 14.3 Å². The standard InChI is InChI=1S/C20H18ClN5O4S/c1-13(27)22-15-4-2-14(3-5-15)12-20(28)23-16-6-8-17(9-7-16)31(29,30)26-19-11-10-18(21)24-25-19/h2-11H,12H2,1H3,(H,22,27)(H,23,28)(H,25,26). The number of nitrogens with zero attached hydrogens (tertiary/aromatic N) is 2. The van der Waals surface area contributed by atoms with Gasteiger partial charge in [0.25, 0.3) is 10.0 Å². The summed E-state index contributed by atoms with van der Waals surface area (Å²) in [6.07, 6.45) is 0.122. The molecule has 11 heteroatoms. The van der Waals surface area contributed by atoms with E-state index in [0.29, 0.717) is 11.4 Å². The van der Waals surface area contributed by atoms with Gasteiger partial charge in [0.05, 0.1) is 11.3 Å². The molecule has 0 spiro atoms. The van der Waals surface area contributed by atoms with E-state index in [1.807, 2.05) is 0 Å². The first-order valence-electron chi connectivity index (χ1n) is 9.00. The number of rotatable bonds is 7. The maximum absolute atomic E-state index is 12.4. The van der Waals surface area contributed by atoms with Crippen LogP contribution in [0.1, 0.15) is 12.5 Å². The van der Waals surface area contributed by atoms with Gasteiger partial charge in [-0.05, 0) is 54.1 Å². The van der Waals surface area contributed by atoms with Crippen LogP contribution in [0.5, 0.6) is 0 Å². The van der Waals surface area contributed by atoms with Gasteiger partial charge in [0.2, 0.25) is 11.8 Å². The first-order chi connectivity index (χ1) is 14.7. The van der Waals surface area contributed by atoms with Crippen LogP contribution in [0.25, 0.3) is 0 Å². The van der Waals surface area contributed by atoms with Crippen molar-refractivity contribution in [3.8, 4) is 0 Å². The molecule has 0 aliphatic heterocycles. The minimum absolute atomic E-state index is 0.00388. The number of amides is 2. The molecule has 1 heterocycles. The van der Waals surface area contributed by atoms with Crippen LogP contribution in [-0.2, 0) is 26.0 Å². The van der Waals surface area contributed by atoms with E-state index in [9.17, 15) is 18.0 Å². The summed E-state index contributed by atoms with van der Waals surface area (Å²) in [5.41, 5.74) is 1.86. The van der Waals surface area contributed by atoms with Crippen molar-refractivity contribution in [3.05, 3.63) is 71.4 Å². The van der Waals surface area contributed by atoms with Crippen LogP contribution in [0.15, 0.2) is 65.6 Å². The van der Waals surface area contributed by atoms with Crippen LogP contribution in [-0.4, -0.2) is 30.4 Å². The predicted octanol–water partition coefficient (Wildman–Crippen LogP) is 3.07. The van der Waals surface area contributed by atoms with Crippen LogP contribution in [0.2, 0.25) is 5.15 Å². The third kappa shape index (κ3) is 6.49. The highest BCUT2D eigenvalue weighted by Gasteiger charge is 2.15. The number of benzene rings is 2. The fourth-order valence-electron chi connectivity index (χ4n) is 2.58. The molecule has 0 bridgehead atoms. The van der Waals surface area contributed by atoms with Crippen LogP contribution in [0.3, 0.4) is 0 Å². The number of sulfonamides is 1.